The quantitative estimate of drug-likeness (QED) is 0.784. The molecular formula is C12H10F2N2. The summed E-state index contributed by atoms with van der Waals surface area (Å²) in [5, 5.41) is 2.73. The van der Waals surface area contributed by atoms with Crippen molar-refractivity contribution in [1.82, 2.24) is 4.98 Å². The van der Waals surface area contributed by atoms with E-state index >= 15 is 0 Å². The minimum absolute atomic E-state index is 0.282. The van der Waals surface area contributed by atoms with Crippen molar-refractivity contribution in [3.8, 4) is 0 Å². The highest BCUT2D eigenvalue weighted by Gasteiger charge is 2.03. The van der Waals surface area contributed by atoms with Crippen molar-refractivity contribution in [2.45, 2.75) is 6.92 Å². The molecule has 0 fully saturated rings. The number of benzene rings is 1. The van der Waals surface area contributed by atoms with Crippen LogP contribution in [0.1, 0.15) is 5.56 Å². The van der Waals surface area contributed by atoms with Gasteiger partial charge in [-0.2, -0.15) is 4.39 Å². The molecule has 1 N–H and O–H groups in total. The van der Waals surface area contributed by atoms with Gasteiger partial charge in [0.15, 0.2) is 0 Å². The van der Waals surface area contributed by atoms with Crippen molar-refractivity contribution in [2.75, 3.05) is 5.32 Å². The molecule has 0 radical (unpaired) electrons. The van der Waals surface area contributed by atoms with Gasteiger partial charge in [-0.1, -0.05) is 12.1 Å². The smallest absolute Gasteiger partial charge is 0.214 e. The van der Waals surface area contributed by atoms with Gasteiger partial charge in [-0.3, -0.25) is 0 Å². The zero-order valence-electron chi connectivity index (χ0n) is 8.67. The van der Waals surface area contributed by atoms with Crippen LogP contribution in [0.4, 0.5) is 20.3 Å². The fraction of sp³-hybridized carbons (Fsp3) is 0.0833. The summed E-state index contributed by atoms with van der Waals surface area (Å²) in [4.78, 5) is 3.59. The van der Waals surface area contributed by atoms with E-state index in [2.05, 4.69) is 10.3 Å². The van der Waals surface area contributed by atoms with E-state index < -0.39 is 11.8 Å². The Kier molecular flexibility index (Phi) is 2.81. The molecule has 0 amide bonds. The molecule has 2 aromatic rings. The van der Waals surface area contributed by atoms with Crippen molar-refractivity contribution in [3.05, 3.63) is 53.7 Å². The minimum Gasteiger partial charge on any atom is -0.338 e. The number of pyridine rings is 1. The molecule has 1 heterocycles. The highest BCUT2D eigenvalue weighted by Crippen LogP contribution is 2.19. The van der Waals surface area contributed by atoms with E-state index in [1.807, 2.05) is 6.92 Å². The largest absolute Gasteiger partial charge is 0.338 e. The fourth-order valence-electron chi connectivity index (χ4n) is 1.35. The number of rotatable bonds is 2. The maximum atomic E-state index is 13.4. The molecule has 0 aliphatic rings. The summed E-state index contributed by atoms with van der Waals surface area (Å²) in [7, 11) is 0. The first-order chi connectivity index (χ1) is 7.65. The van der Waals surface area contributed by atoms with Gasteiger partial charge in [0.05, 0.1) is 5.69 Å². The predicted molar refractivity (Wildman–Crippen MR) is 58.6 cm³/mol. The fourth-order valence-corrected chi connectivity index (χ4v) is 1.35. The zero-order chi connectivity index (χ0) is 11.5. The molecule has 2 rings (SSSR count). The van der Waals surface area contributed by atoms with E-state index in [-0.39, 0.29) is 11.5 Å². The highest BCUT2D eigenvalue weighted by atomic mass is 19.1. The van der Waals surface area contributed by atoms with Gasteiger partial charge in [-0.15, -0.1) is 0 Å². The lowest BCUT2D eigenvalue weighted by atomic mass is 10.2. The summed E-state index contributed by atoms with van der Waals surface area (Å²) in [6.45, 7) is 1.85. The zero-order valence-corrected chi connectivity index (χ0v) is 8.67. The topological polar surface area (TPSA) is 24.9 Å². The maximum Gasteiger partial charge on any atom is 0.214 e. The lowest BCUT2D eigenvalue weighted by Gasteiger charge is -2.07. The van der Waals surface area contributed by atoms with Crippen LogP contribution >= 0.6 is 0 Å². The number of hydrogen-bond donors (Lipinski definition) is 1. The van der Waals surface area contributed by atoms with E-state index in [9.17, 15) is 8.78 Å². The summed E-state index contributed by atoms with van der Waals surface area (Å²) in [6.07, 6.45) is 0. The number of nitrogens with one attached hydrogen (secondary N) is 1. The van der Waals surface area contributed by atoms with Crippen LogP contribution in [0.2, 0.25) is 0 Å². The lowest BCUT2D eigenvalue weighted by Crippen LogP contribution is -1.97. The van der Waals surface area contributed by atoms with Crippen LogP contribution in [0.5, 0.6) is 0 Å². The van der Waals surface area contributed by atoms with Crippen molar-refractivity contribution < 1.29 is 8.78 Å². The van der Waals surface area contributed by atoms with E-state index in [1.54, 1.807) is 18.2 Å². The third-order valence-corrected chi connectivity index (χ3v) is 2.10. The summed E-state index contributed by atoms with van der Waals surface area (Å²) >= 11 is 0. The van der Waals surface area contributed by atoms with Gasteiger partial charge < -0.3 is 5.32 Å². The second kappa shape index (κ2) is 4.26. The van der Waals surface area contributed by atoms with Gasteiger partial charge in [-0.05, 0) is 36.8 Å². The minimum atomic E-state index is -0.599. The second-order valence-corrected chi connectivity index (χ2v) is 3.45. The Balaban J connectivity index is 2.30. The third kappa shape index (κ3) is 2.34. The monoisotopic (exact) mass is 220 g/mol. The van der Waals surface area contributed by atoms with Crippen LogP contribution < -0.4 is 5.32 Å². The molecule has 0 spiro atoms. The molecule has 0 bridgehead atoms. The molecule has 0 saturated carbocycles. The Morgan fingerprint density at radius 2 is 1.94 bits per heavy atom. The molecule has 16 heavy (non-hydrogen) atoms. The summed E-state index contributed by atoms with van der Waals surface area (Å²) in [5.41, 5.74) is 1.21. The first-order valence-electron chi connectivity index (χ1n) is 4.81. The average Bonchev–Trinajstić information content (AvgIpc) is 2.24. The molecule has 0 aliphatic carbocycles. The predicted octanol–water partition coefficient (Wildman–Crippen LogP) is 3.41. The van der Waals surface area contributed by atoms with Crippen LogP contribution in [0.15, 0.2) is 36.4 Å². The third-order valence-electron chi connectivity index (χ3n) is 2.10. The normalized spacial score (nSPS) is 10.2. The van der Waals surface area contributed by atoms with E-state index in [0.717, 1.165) is 5.56 Å². The standard InChI is InChI=1S/C12H10F2N2/c1-8-5-6-9(13)10(7-8)15-12-4-2-3-11(14)16-12/h2-7H,1H3,(H,15,16). The molecule has 82 valence electrons. The van der Waals surface area contributed by atoms with E-state index in [4.69, 9.17) is 0 Å². The number of aryl methyl sites for hydroxylation is 1. The number of aromatic nitrogens is 1. The molecule has 4 heteroatoms. The Morgan fingerprint density at radius 1 is 1.12 bits per heavy atom. The molecule has 0 unspecified atom stereocenters. The van der Waals surface area contributed by atoms with Crippen molar-refractivity contribution >= 4 is 11.5 Å². The first-order valence-corrected chi connectivity index (χ1v) is 4.81. The van der Waals surface area contributed by atoms with Crippen LogP contribution in [0.3, 0.4) is 0 Å². The Morgan fingerprint density at radius 3 is 2.69 bits per heavy atom. The van der Waals surface area contributed by atoms with Gasteiger partial charge in [0.1, 0.15) is 11.6 Å². The van der Waals surface area contributed by atoms with Gasteiger partial charge in [0.2, 0.25) is 5.95 Å². The van der Waals surface area contributed by atoms with Gasteiger partial charge in [0.25, 0.3) is 0 Å². The summed E-state index contributed by atoms with van der Waals surface area (Å²) in [5.74, 6) is -0.709. The van der Waals surface area contributed by atoms with Crippen molar-refractivity contribution in [1.29, 1.82) is 0 Å². The average molecular weight is 220 g/mol. The van der Waals surface area contributed by atoms with Gasteiger partial charge in [0, 0.05) is 0 Å². The van der Waals surface area contributed by atoms with E-state index in [0.29, 0.717) is 0 Å². The number of anilines is 2. The summed E-state index contributed by atoms with van der Waals surface area (Å²) in [6, 6.07) is 8.99. The van der Waals surface area contributed by atoms with Crippen molar-refractivity contribution in [2.24, 2.45) is 0 Å². The first kappa shape index (κ1) is 10.5. The molecule has 1 aromatic carbocycles. The van der Waals surface area contributed by atoms with Crippen LogP contribution in [0.25, 0.3) is 0 Å². The molecular weight excluding hydrogens is 210 g/mol. The molecule has 0 saturated heterocycles. The van der Waals surface area contributed by atoms with Crippen LogP contribution in [-0.4, -0.2) is 4.98 Å². The molecule has 0 aliphatic heterocycles. The number of hydrogen-bond acceptors (Lipinski definition) is 2. The highest BCUT2D eigenvalue weighted by molar-refractivity contribution is 5.57. The Hall–Kier alpha value is -1.97. The van der Waals surface area contributed by atoms with Gasteiger partial charge >= 0.3 is 0 Å². The number of halogens is 2. The molecule has 1 aromatic heterocycles. The molecule has 0 atom stereocenters. The van der Waals surface area contributed by atoms with Crippen molar-refractivity contribution in [3.63, 3.8) is 0 Å². The van der Waals surface area contributed by atoms with E-state index in [1.165, 1.54) is 18.2 Å². The number of nitrogens with zero attached hydrogens (tertiary/aromatic N) is 1. The Bertz CT molecular complexity index is 512. The maximum absolute atomic E-state index is 13.4. The molecule has 2 nitrogen and oxygen atoms in total. The lowest BCUT2D eigenvalue weighted by molar-refractivity contribution is 0.585. The second-order valence-electron chi connectivity index (χ2n) is 3.45. The van der Waals surface area contributed by atoms with Crippen LogP contribution in [0, 0.1) is 18.7 Å². The Labute approximate surface area is 92.0 Å². The van der Waals surface area contributed by atoms with Gasteiger partial charge in [-0.25, -0.2) is 9.37 Å². The van der Waals surface area contributed by atoms with Crippen LogP contribution in [-0.2, 0) is 0 Å². The summed E-state index contributed by atoms with van der Waals surface area (Å²) < 4.78 is 26.2. The SMILES string of the molecule is Cc1ccc(F)c(Nc2cccc(F)n2)c1.